The molecule has 3 nitrogen and oxygen atoms in total. The average molecular weight is 181 g/mol. The van der Waals surface area contributed by atoms with E-state index in [4.69, 9.17) is 9.15 Å². The molecule has 0 radical (unpaired) electrons. The van der Waals surface area contributed by atoms with E-state index in [1.54, 1.807) is 6.26 Å². The van der Waals surface area contributed by atoms with Crippen molar-refractivity contribution in [3.05, 3.63) is 24.2 Å². The van der Waals surface area contributed by atoms with Crippen LogP contribution in [0, 0.1) is 0 Å². The third-order valence-corrected chi connectivity index (χ3v) is 2.62. The van der Waals surface area contributed by atoms with Crippen LogP contribution in [-0.4, -0.2) is 31.2 Å². The molecule has 72 valence electrons. The summed E-state index contributed by atoms with van der Waals surface area (Å²) in [5.74, 6) is 0. The van der Waals surface area contributed by atoms with Crippen molar-refractivity contribution in [2.45, 2.75) is 13.0 Å². The fourth-order valence-corrected chi connectivity index (χ4v) is 1.69. The molecular formula is C10H15NO2. The molecule has 1 aliphatic rings. The lowest BCUT2D eigenvalue weighted by atomic mass is 10.1. The molecule has 1 saturated heterocycles. The zero-order valence-corrected chi connectivity index (χ0v) is 7.90. The smallest absolute Gasteiger partial charge is 0.0950 e. The Bertz CT molecular complexity index is 239. The van der Waals surface area contributed by atoms with Crippen molar-refractivity contribution in [1.82, 2.24) is 4.90 Å². The lowest BCUT2D eigenvalue weighted by molar-refractivity contribution is 0.0197. The van der Waals surface area contributed by atoms with Crippen LogP contribution in [-0.2, 0) is 4.74 Å². The Kier molecular flexibility index (Phi) is 2.66. The van der Waals surface area contributed by atoms with E-state index in [0.717, 1.165) is 26.3 Å². The number of hydrogen-bond acceptors (Lipinski definition) is 3. The molecule has 0 amide bonds. The Hall–Kier alpha value is -0.800. The minimum Gasteiger partial charge on any atom is -0.472 e. The van der Waals surface area contributed by atoms with E-state index in [0.29, 0.717) is 6.04 Å². The molecule has 1 aliphatic heterocycles. The summed E-state index contributed by atoms with van der Waals surface area (Å²) in [7, 11) is 0. The number of furan rings is 1. The van der Waals surface area contributed by atoms with Gasteiger partial charge in [0.05, 0.1) is 25.7 Å². The van der Waals surface area contributed by atoms with Crippen LogP contribution >= 0.6 is 0 Å². The number of morpholine rings is 1. The van der Waals surface area contributed by atoms with Crippen molar-refractivity contribution < 1.29 is 9.15 Å². The number of ether oxygens (including phenoxy) is 1. The van der Waals surface area contributed by atoms with Gasteiger partial charge in [0.25, 0.3) is 0 Å². The van der Waals surface area contributed by atoms with Crippen LogP contribution in [0.1, 0.15) is 18.5 Å². The van der Waals surface area contributed by atoms with Gasteiger partial charge in [-0.3, -0.25) is 4.90 Å². The third kappa shape index (κ3) is 1.92. The van der Waals surface area contributed by atoms with Crippen molar-refractivity contribution in [2.24, 2.45) is 0 Å². The van der Waals surface area contributed by atoms with E-state index >= 15 is 0 Å². The Balaban J connectivity index is 1.99. The molecule has 1 aromatic rings. The van der Waals surface area contributed by atoms with Crippen LogP contribution in [0.5, 0.6) is 0 Å². The van der Waals surface area contributed by atoms with Gasteiger partial charge in [-0.15, -0.1) is 0 Å². The van der Waals surface area contributed by atoms with E-state index in [9.17, 15) is 0 Å². The molecule has 0 N–H and O–H groups in total. The van der Waals surface area contributed by atoms with Crippen molar-refractivity contribution >= 4 is 0 Å². The minimum atomic E-state index is 0.447. The highest BCUT2D eigenvalue weighted by molar-refractivity contribution is 5.10. The van der Waals surface area contributed by atoms with E-state index in [-0.39, 0.29) is 0 Å². The molecular weight excluding hydrogens is 166 g/mol. The fraction of sp³-hybridized carbons (Fsp3) is 0.600. The molecule has 1 aromatic heterocycles. The highest BCUT2D eigenvalue weighted by Gasteiger charge is 2.18. The first kappa shape index (κ1) is 8.78. The molecule has 0 spiro atoms. The second kappa shape index (κ2) is 3.94. The lowest BCUT2D eigenvalue weighted by Crippen LogP contribution is -2.37. The molecule has 1 fully saturated rings. The number of rotatable bonds is 2. The van der Waals surface area contributed by atoms with Crippen LogP contribution in [0.2, 0.25) is 0 Å². The monoisotopic (exact) mass is 181 g/mol. The predicted molar refractivity (Wildman–Crippen MR) is 49.5 cm³/mol. The van der Waals surface area contributed by atoms with Gasteiger partial charge < -0.3 is 9.15 Å². The van der Waals surface area contributed by atoms with E-state index < -0.39 is 0 Å². The Labute approximate surface area is 78.3 Å². The molecule has 0 bridgehead atoms. The molecule has 0 saturated carbocycles. The molecule has 2 heterocycles. The summed E-state index contributed by atoms with van der Waals surface area (Å²) in [4.78, 5) is 2.41. The first-order chi connectivity index (χ1) is 6.38. The van der Waals surface area contributed by atoms with Crippen molar-refractivity contribution in [2.75, 3.05) is 26.3 Å². The second-order valence-electron chi connectivity index (χ2n) is 3.38. The van der Waals surface area contributed by atoms with E-state index in [1.165, 1.54) is 5.56 Å². The van der Waals surface area contributed by atoms with Crippen LogP contribution in [0.15, 0.2) is 23.0 Å². The maximum Gasteiger partial charge on any atom is 0.0950 e. The van der Waals surface area contributed by atoms with Gasteiger partial charge >= 0.3 is 0 Å². The summed E-state index contributed by atoms with van der Waals surface area (Å²) in [6.45, 7) is 5.94. The Morgan fingerprint density at radius 2 is 2.15 bits per heavy atom. The summed E-state index contributed by atoms with van der Waals surface area (Å²) in [6.07, 6.45) is 3.55. The van der Waals surface area contributed by atoms with Crippen molar-refractivity contribution in [3.8, 4) is 0 Å². The van der Waals surface area contributed by atoms with Crippen molar-refractivity contribution in [1.29, 1.82) is 0 Å². The first-order valence-corrected chi connectivity index (χ1v) is 4.72. The van der Waals surface area contributed by atoms with Gasteiger partial charge in [0.2, 0.25) is 0 Å². The molecule has 0 aliphatic carbocycles. The van der Waals surface area contributed by atoms with Crippen LogP contribution < -0.4 is 0 Å². The summed E-state index contributed by atoms with van der Waals surface area (Å²) in [5, 5.41) is 0. The average Bonchev–Trinajstić information content (AvgIpc) is 2.71. The number of nitrogens with zero attached hydrogens (tertiary/aromatic N) is 1. The molecule has 3 heteroatoms. The SMILES string of the molecule is C[C@@H](c1ccoc1)N1CCOCC1. The molecule has 0 unspecified atom stereocenters. The van der Waals surface area contributed by atoms with Crippen molar-refractivity contribution in [3.63, 3.8) is 0 Å². The normalized spacial score (nSPS) is 21.6. The molecule has 1 atom stereocenters. The van der Waals surface area contributed by atoms with Gasteiger partial charge in [0, 0.05) is 24.7 Å². The maximum atomic E-state index is 5.30. The summed E-state index contributed by atoms with van der Waals surface area (Å²) >= 11 is 0. The number of hydrogen-bond donors (Lipinski definition) is 0. The third-order valence-electron chi connectivity index (χ3n) is 2.62. The Morgan fingerprint density at radius 1 is 1.38 bits per heavy atom. The van der Waals surface area contributed by atoms with Gasteiger partial charge in [-0.25, -0.2) is 0 Å². The second-order valence-corrected chi connectivity index (χ2v) is 3.38. The van der Waals surface area contributed by atoms with Crippen LogP contribution in [0.3, 0.4) is 0 Å². The largest absolute Gasteiger partial charge is 0.472 e. The molecule has 13 heavy (non-hydrogen) atoms. The highest BCUT2D eigenvalue weighted by Crippen LogP contribution is 2.20. The summed E-state index contributed by atoms with van der Waals surface area (Å²) in [5.41, 5.74) is 1.25. The molecule has 2 rings (SSSR count). The van der Waals surface area contributed by atoms with Crippen LogP contribution in [0.4, 0.5) is 0 Å². The molecule has 0 aromatic carbocycles. The summed E-state index contributed by atoms with van der Waals surface area (Å²) < 4.78 is 10.4. The minimum absolute atomic E-state index is 0.447. The lowest BCUT2D eigenvalue weighted by Gasteiger charge is -2.31. The predicted octanol–water partition coefficient (Wildman–Crippen LogP) is 1.67. The van der Waals surface area contributed by atoms with Gasteiger partial charge in [-0.05, 0) is 13.0 Å². The maximum absolute atomic E-state index is 5.30. The Morgan fingerprint density at radius 3 is 2.77 bits per heavy atom. The topological polar surface area (TPSA) is 25.6 Å². The standard InChI is InChI=1S/C10H15NO2/c1-9(10-2-5-13-8-10)11-3-6-12-7-4-11/h2,5,8-9H,3-4,6-7H2,1H3/t9-/m0/s1. The van der Waals surface area contributed by atoms with E-state index in [1.807, 2.05) is 12.3 Å². The van der Waals surface area contributed by atoms with Gasteiger partial charge in [0.1, 0.15) is 0 Å². The fourth-order valence-electron chi connectivity index (χ4n) is 1.69. The van der Waals surface area contributed by atoms with Gasteiger partial charge in [-0.2, -0.15) is 0 Å². The van der Waals surface area contributed by atoms with E-state index in [2.05, 4.69) is 11.8 Å². The quantitative estimate of drug-likeness (QED) is 0.694. The first-order valence-electron chi connectivity index (χ1n) is 4.72. The van der Waals surface area contributed by atoms with Gasteiger partial charge in [0.15, 0.2) is 0 Å². The zero-order valence-electron chi connectivity index (χ0n) is 7.90. The highest BCUT2D eigenvalue weighted by atomic mass is 16.5. The van der Waals surface area contributed by atoms with Gasteiger partial charge in [-0.1, -0.05) is 0 Å². The van der Waals surface area contributed by atoms with Crippen LogP contribution in [0.25, 0.3) is 0 Å². The summed E-state index contributed by atoms with van der Waals surface area (Å²) in [6, 6.07) is 2.47. The zero-order chi connectivity index (χ0) is 9.10.